The Kier molecular flexibility index (Phi) is 10.1. The molecule has 0 bridgehead atoms. The first kappa shape index (κ1) is 40.5. The molecular formula is C66H42N2S. The van der Waals surface area contributed by atoms with Gasteiger partial charge < -0.3 is 0 Å². The highest BCUT2D eigenvalue weighted by Crippen LogP contribution is 2.49. The Hall–Kier alpha value is -8.76. The number of hydrogen-bond acceptors (Lipinski definition) is 3. The summed E-state index contributed by atoms with van der Waals surface area (Å²) in [7, 11) is 0. The number of fused-ring (bicyclic) bond motifs is 4. The molecule has 0 amide bonds. The summed E-state index contributed by atoms with van der Waals surface area (Å²) in [4.78, 5) is 0. The number of rotatable bonds is 8. The number of hydrogen-bond donors (Lipinski definition) is 0. The van der Waals surface area contributed by atoms with Gasteiger partial charge in [0.2, 0.25) is 0 Å². The van der Waals surface area contributed by atoms with Crippen LogP contribution in [-0.4, -0.2) is 10.2 Å². The molecule has 13 aromatic rings. The fourth-order valence-corrected chi connectivity index (χ4v) is 11.5. The molecule has 0 N–H and O–H groups in total. The summed E-state index contributed by atoms with van der Waals surface area (Å²) in [6.45, 7) is 0. The standard InChI is InChI=1S/C66H42N2S/c1-5-21-43(22-6-1)47-37-48(44-23-7-2-8-24-44)40-51(39-47)61-53-29-13-17-33-57(53)63(58-34-18-14-30-54(58)61)65-67-68-66(69-65)64-59-35-19-15-31-55(59)62(56-32-16-20-36-60(56)64)52-41-49(45-25-9-3-10-26-45)38-50(42-52)46-27-11-4-12-28-46/h1-42H. The van der Waals surface area contributed by atoms with Crippen molar-refractivity contribution in [3.63, 3.8) is 0 Å². The van der Waals surface area contributed by atoms with Crippen LogP contribution in [0.2, 0.25) is 0 Å². The molecule has 0 aliphatic heterocycles. The lowest BCUT2D eigenvalue weighted by Crippen LogP contribution is -1.92. The predicted molar refractivity (Wildman–Crippen MR) is 293 cm³/mol. The van der Waals surface area contributed by atoms with Crippen molar-refractivity contribution in [3.8, 4) is 87.9 Å². The zero-order valence-corrected chi connectivity index (χ0v) is 38.4. The average Bonchev–Trinajstić information content (AvgIpc) is 3.91. The van der Waals surface area contributed by atoms with E-state index in [1.807, 2.05) is 0 Å². The normalized spacial score (nSPS) is 11.5. The van der Waals surface area contributed by atoms with E-state index in [9.17, 15) is 0 Å². The molecule has 69 heavy (non-hydrogen) atoms. The monoisotopic (exact) mass is 894 g/mol. The van der Waals surface area contributed by atoms with E-state index in [2.05, 4.69) is 255 Å². The molecule has 0 aliphatic carbocycles. The molecule has 0 saturated carbocycles. The van der Waals surface area contributed by atoms with E-state index in [0.29, 0.717) is 0 Å². The molecule has 0 fully saturated rings. The molecule has 0 radical (unpaired) electrons. The van der Waals surface area contributed by atoms with Gasteiger partial charge in [-0.25, -0.2) is 0 Å². The van der Waals surface area contributed by atoms with Gasteiger partial charge in [0.15, 0.2) is 0 Å². The molecule has 1 aromatic heterocycles. The van der Waals surface area contributed by atoms with Crippen LogP contribution in [0.15, 0.2) is 255 Å². The van der Waals surface area contributed by atoms with Gasteiger partial charge in [0.1, 0.15) is 10.0 Å². The quantitative estimate of drug-likeness (QED) is 0.142. The molecule has 0 spiro atoms. The second-order valence-electron chi connectivity index (χ2n) is 17.7. The maximum atomic E-state index is 5.13. The highest BCUT2D eigenvalue weighted by atomic mass is 32.1. The van der Waals surface area contributed by atoms with Crippen LogP contribution < -0.4 is 0 Å². The molecular weight excluding hydrogens is 853 g/mol. The fraction of sp³-hybridized carbons (Fsp3) is 0. The molecule has 0 saturated heterocycles. The summed E-state index contributed by atoms with van der Waals surface area (Å²) >= 11 is 1.68. The Morgan fingerprint density at radius 3 is 0.638 bits per heavy atom. The van der Waals surface area contributed by atoms with E-state index < -0.39 is 0 Å². The fourth-order valence-electron chi connectivity index (χ4n) is 10.5. The van der Waals surface area contributed by atoms with Crippen LogP contribution in [0.25, 0.3) is 131 Å². The number of nitrogens with zero attached hydrogens (tertiary/aromatic N) is 2. The molecule has 2 nitrogen and oxygen atoms in total. The van der Waals surface area contributed by atoms with E-state index in [1.54, 1.807) is 11.3 Å². The minimum atomic E-state index is 0.896. The first-order chi connectivity index (χ1) is 34.2. The SMILES string of the molecule is c1ccc(-c2cc(-c3ccccc3)cc(-c3c4ccccc4c(-c4nnc(-c5c6ccccc6c(-c6cc(-c7ccccc7)cc(-c7ccccc7)c6)c6ccccc56)s4)c4ccccc34)c2)cc1. The van der Waals surface area contributed by atoms with Crippen molar-refractivity contribution in [2.24, 2.45) is 0 Å². The molecule has 0 aliphatic rings. The first-order valence-corrected chi connectivity index (χ1v) is 24.3. The Bertz CT molecular complexity index is 3550. The van der Waals surface area contributed by atoms with Gasteiger partial charge in [0.25, 0.3) is 0 Å². The zero-order chi connectivity index (χ0) is 45.7. The Balaban J connectivity index is 1.01. The highest BCUT2D eigenvalue weighted by Gasteiger charge is 2.24. The molecule has 12 aromatic carbocycles. The molecule has 3 heteroatoms. The topological polar surface area (TPSA) is 25.8 Å². The Labute approximate surface area is 405 Å². The summed E-state index contributed by atoms with van der Waals surface area (Å²) in [5.41, 5.74) is 16.5. The second-order valence-corrected chi connectivity index (χ2v) is 18.6. The summed E-state index contributed by atoms with van der Waals surface area (Å²) in [5.74, 6) is 0. The number of aromatic nitrogens is 2. The van der Waals surface area contributed by atoms with Crippen molar-refractivity contribution < 1.29 is 0 Å². The van der Waals surface area contributed by atoms with Crippen LogP contribution in [0.1, 0.15) is 0 Å². The summed E-state index contributed by atoms with van der Waals surface area (Å²) in [6.07, 6.45) is 0. The lowest BCUT2D eigenvalue weighted by molar-refractivity contribution is 1.10. The van der Waals surface area contributed by atoms with Gasteiger partial charge in [-0.3, -0.25) is 0 Å². The van der Waals surface area contributed by atoms with E-state index in [1.165, 1.54) is 88.3 Å². The summed E-state index contributed by atoms with van der Waals surface area (Å²) in [5, 5.41) is 21.4. The average molecular weight is 895 g/mol. The van der Waals surface area contributed by atoms with E-state index >= 15 is 0 Å². The van der Waals surface area contributed by atoms with Crippen molar-refractivity contribution in [2.45, 2.75) is 0 Å². The maximum absolute atomic E-state index is 5.13. The smallest absolute Gasteiger partial charge is 0.138 e. The summed E-state index contributed by atoms with van der Waals surface area (Å²) in [6, 6.07) is 92.3. The molecule has 13 rings (SSSR count). The minimum absolute atomic E-state index is 0.896. The zero-order valence-electron chi connectivity index (χ0n) is 37.6. The first-order valence-electron chi connectivity index (χ1n) is 23.5. The molecule has 0 unspecified atom stereocenters. The van der Waals surface area contributed by atoms with Crippen LogP contribution >= 0.6 is 11.3 Å². The van der Waals surface area contributed by atoms with E-state index in [-0.39, 0.29) is 0 Å². The van der Waals surface area contributed by atoms with Crippen LogP contribution in [0.5, 0.6) is 0 Å². The predicted octanol–water partition coefficient (Wildman–Crippen LogP) is 18.5. The van der Waals surface area contributed by atoms with E-state index in [0.717, 1.165) is 42.7 Å². The Morgan fingerprint density at radius 1 is 0.188 bits per heavy atom. The molecule has 322 valence electrons. The summed E-state index contributed by atoms with van der Waals surface area (Å²) < 4.78 is 0. The van der Waals surface area contributed by atoms with Crippen LogP contribution in [-0.2, 0) is 0 Å². The highest BCUT2D eigenvalue weighted by molar-refractivity contribution is 7.18. The lowest BCUT2D eigenvalue weighted by Gasteiger charge is -2.18. The minimum Gasteiger partial charge on any atom is -0.138 e. The van der Waals surface area contributed by atoms with Gasteiger partial charge in [0.05, 0.1) is 0 Å². The van der Waals surface area contributed by atoms with Crippen LogP contribution in [0, 0.1) is 0 Å². The number of benzene rings is 12. The van der Waals surface area contributed by atoms with Gasteiger partial charge in [0, 0.05) is 11.1 Å². The second kappa shape index (κ2) is 17.2. The van der Waals surface area contributed by atoms with Crippen molar-refractivity contribution >= 4 is 54.4 Å². The molecule has 0 atom stereocenters. The van der Waals surface area contributed by atoms with Crippen LogP contribution in [0.3, 0.4) is 0 Å². The van der Waals surface area contributed by atoms with Crippen molar-refractivity contribution in [2.75, 3.05) is 0 Å². The van der Waals surface area contributed by atoms with E-state index in [4.69, 9.17) is 10.2 Å². The van der Waals surface area contributed by atoms with Gasteiger partial charge in [-0.2, -0.15) is 0 Å². The largest absolute Gasteiger partial charge is 0.149 e. The lowest BCUT2D eigenvalue weighted by atomic mass is 9.86. The van der Waals surface area contributed by atoms with Crippen LogP contribution in [0.4, 0.5) is 0 Å². The third kappa shape index (κ3) is 7.20. The third-order valence-corrected chi connectivity index (χ3v) is 14.5. The van der Waals surface area contributed by atoms with Gasteiger partial charge in [-0.1, -0.05) is 230 Å². The van der Waals surface area contributed by atoms with Crippen molar-refractivity contribution in [1.82, 2.24) is 10.2 Å². The van der Waals surface area contributed by atoms with Gasteiger partial charge in [-0.15, -0.1) is 10.2 Å². The molecule has 1 heterocycles. The van der Waals surface area contributed by atoms with Gasteiger partial charge in [-0.05, 0) is 146 Å². The van der Waals surface area contributed by atoms with Crippen molar-refractivity contribution in [3.05, 3.63) is 255 Å². The van der Waals surface area contributed by atoms with Gasteiger partial charge >= 0.3 is 0 Å². The Morgan fingerprint density at radius 2 is 0.391 bits per heavy atom. The van der Waals surface area contributed by atoms with Crippen molar-refractivity contribution in [1.29, 1.82) is 0 Å². The third-order valence-electron chi connectivity index (χ3n) is 13.6. The maximum Gasteiger partial charge on any atom is 0.149 e.